The van der Waals surface area contributed by atoms with Crippen LogP contribution in [0.25, 0.3) is 16.6 Å². The Kier molecular flexibility index (Phi) is 4.60. The molecule has 0 aliphatic rings. The number of nitrogens with two attached hydrogens (primary N) is 1. The van der Waals surface area contributed by atoms with Crippen molar-refractivity contribution in [1.82, 2.24) is 29.9 Å². The molecule has 0 bridgehead atoms. The molecule has 4 aromatic rings. The van der Waals surface area contributed by atoms with Crippen LogP contribution in [0.5, 0.6) is 5.75 Å². The van der Waals surface area contributed by atoms with Crippen molar-refractivity contribution in [3.05, 3.63) is 41.4 Å². The van der Waals surface area contributed by atoms with Crippen molar-refractivity contribution in [2.75, 3.05) is 12.8 Å². The maximum atomic E-state index is 6.10. The molecule has 0 radical (unpaired) electrons. The van der Waals surface area contributed by atoms with E-state index in [-0.39, 0.29) is 12.0 Å². The number of nitrogens with zero attached hydrogens (tertiary/aromatic N) is 5. The molecule has 0 spiro atoms. The molecule has 0 aliphatic carbocycles. The Bertz CT molecular complexity index is 1150. The molecule has 3 aromatic heterocycles. The first-order valence-corrected chi connectivity index (χ1v) is 9.10. The van der Waals surface area contributed by atoms with Crippen LogP contribution >= 0.6 is 0 Å². The van der Waals surface area contributed by atoms with Crippen LogP contribution in [0.1, 0.15) is 30.1 Å². The molecule has 0 saturated heterocycles. The summed E-state index contributed by atoms with van der Waals surface area (Å²) in [5.74, 6) is 3.14. The number of fused-ring (bicyclic) bond motifs is 3. The van der Waals surface area contributed by atoms with E-state index < -0.39 is 0 Å². The summed E-state index contributed by atoms with van der Waals surface area (Å²) in [6.07, 6.45) is 0.638. The minimum atomic E-state index is 0.136. The zero-order chi connectivity index (χ0) is 19.8. The van der Waals surface area contributed by atoms with Crippen LogP contribution in [0.15, 0.2) is 22.6 Å². The van der Waals surface area contributed by atoms with Crippen molar-refractivity contribution in [1.29, 1.82) is 0 Å². The zero-order valence-corrected chi connectivity index (χ0v) is 16.4. The molecule has 0 unspecified atom stereocenters. The lowest BCUT2D eigenvalue weighted by molar-refractivity contribution is 0.419. The molecule has 9 nitrogen and oxygen atoms in total. The number of para-hydroxylation sites is 1. The summed E-state index contributed by atoms with van der Waals surface area (Å²) in [5, 5.41) is 8.81. The summed E-state index contributed by atoms with van der Waals surface area (Å²) >= 11 is 0. The lowest BCUT2D eigenvalue weighted by Gasteiger charge is -2.10. The van der Waals surface area contributed by atoms with Gasteiger partial charge in [0, 0.05) is 24.8 Å². The van der Waals surface area contributed by atoms with Gasteiger partial charge in [0.05, 0.1) is 19.3 Å². The first-order chi connectivity index (χ1) is 13.5. The third-order valence-electron chi connectivity index (χ3n) is 4.65. The monoisotopic (exact) mass is 381 g/mol. The van der Waals surface area contributed by atoms with Gasteiger partial charge in [0.15, 0.2) is 17.4 Å². The number of rotatable bonds is 6. The van der Waals surface area contributed by atoms with E-state index in [0.717, 1.165) is 16.8 Å². The van der Waals surface area contributed by atoms with Crippen LogP contribution in [0.2, 0.25) is 0 Å². The molecule has 9 heteroatoms. The van der Waals surface area contributed by atoms with Crippen LogP contribution in [-0.4, -0.2) is 37.7 Å². The van der Waals surface area contributed by atoms with Crippen molar-refractivity contribution >= 4 is 22.5 Å². The van der Waals surface area contributed by atoms with Crippen molar-refractivity contribution < 1.29 is 9.15 Å². The van der Waals surface area contributed by atoms with Gasteiger partial charge in [-0.3, -0.25) is 0 Å². The highest BCUT2D eigenvalue weighted by Gasteiger charge is 2.16. The second kappa shape index (κ2) is 7.08. The minimum absolute atomic E-state index is 0.136. The number of methoxy groups -OCH3 is 1. The third-order valence-corrected chi connectivity index (χ3v) is 4.65. The fourth-order valence-electron chi connectivity index (χ4n) is 3.27. The quantitative estimate of drug-likeness (QED) is 0.522. The van der Waals surface area contributed by atoms with Gasteiger partial charge in [-0.1, -0.05) is 6.07 Å². The van der Waals surface area contributed by atoms with Gasteiger partial charge in [0.1, 0.15) is 17.0 Å². The Morgan fingerprint density at radius 2 is 2.07 bits per heavy atom. The van der Waals surface area contributed by atoms with Gasteiger partial charge in [-0.05, 0) is 26.0 Å². The number of hydrogen-bond acceptors (Lipinski definition) is 8. The van der Waals surface area contributed by atoms with Gasteiger partial charge in [0.2, 0.25) is 5.95 Å². The molecule has 0 amide bonds. The number of oxazole rings is 1. The van der Waals surface area contributed by atoms with Gasteiger partial charge in [-0.2, -0.15) is 4.52 Å². The van der Waals surface area contributed by atoms with E-state index in [1.54, 1.807) is 11.6 Å². The molecule has 4 rings (SSSR count). The van der Waals surface area contributed by atoms with E-state index in [2.05, 4.69) is 27.3 Å². The molecule has 1 atom stereocenters. The predicted molar refractivity (Wildman–Crippen MR) is 105 cm³/mol. The number of nitrogen functional groups attached to an aromatic ring is 1. The summed E-state index contributed by atoms with van der Waals surface area (Å²) < 4.78 is 12.6. The smallest absolute Gasteiger partial charge is 0.223 e. The van der Waals surface area contributed by atoms with Crippen molar-refractivity contribution in [3.63, 3.8) is 0 Å². The summed E-state index contributed by atoms with van der Waals surface area (Å²) in [5.41, 5.74) is 8.36. The predicted octanol–water partition coefficient (Wildman–Crippen LogP) is 2.19. The maximum Gasteiger partial charge on any atom is 0.223 e. The Morgan fingerprint density at radius 1 is 1.25 bits per heavy atom. The van der Waals surface area contributed by atoms with Crippen LogP contribution in [-0.2, 0) is 13.0 Å². The van der Waals surface area contributed by atoms with Crippen LogP contribution in [0.3, 0.4) is 0 Å². The average molecular weight is 381 g/mol. The highest BCUT2D eigenvalue weighted by atomic mass is 16.5. The summed E-state index contributed by atoms with van der Waals surface area (Å²) in [4.78, 5) is 13.4. The normalized spacial score (nSPS) is 12.7. The molecular weight excluding hydrogens is 358 g/mol. The Labute approximate surface area is 161 Å². The Morgan fingerprint density at radius 3 is 2.79 bits per heavy atom. The van der Waals surface area contributed by atoms with E-state index in [1.165, 1.54) is 0 Å². The van der Waals surface area contributed by atoms with Gasteiger partial charge in [0.25, 0.3) is 0 Å². The standard InChI is InChI=1S/C19H23N7O2/c1-10(21-9-15-11(2)22-12(3)28-15)8-16-23-18-13-6-5-7-14(27-4)17(13)24-19(20)26(18)25-16/h5-7,10,21H,8-9H2,1-4H3,(H2,20,24)/t10-/m1/s1. The molecule has 28 heavy (non-hydrogen) atoms. The van der Waals surface area contributed by atoms with Crippen LogP contribution in [0.4, 0.5) is 5.95 Å². The second-order valence-electron chi connectivity index (χ2n) is 6.82. The minimum Gasteiger partial charge on any atom is -0.494 e. The molecule has 0 aliphatic heterocycles. The number of nitrogens with one attached hydrogen (secondary N) is 1. The number of ether oxygens (including phenoxy) is 1. The first-order valence-electron chi connectivity index (χ1n) is 9.10. The van der Waals surface area contributed by atoms with E-state index in [4.69, 9.17) is 19.9 Å². The number of aromatic nitrogens is 5. The van der Waals surface area contributed by atoms with E-state index >= 15 is 0 Å². The maximum absolute atomic E-state index is 6.10. The zero-order valence-electron chi connectivity index (χ0n) is 16.4. The number of aryl methyl sites for hydroxylation is 2. The SMILES string of the molecule is COc1cccc2c1nc(N)n1nc(C[C@@H](C)NCc3oc(C)nc3C)nc21. The molecule has 3 N–H and O–H groups in total. The number of anilines is 1. The van der Waals surface area contributed by atoms with E-state index in [0.29, 0.717) is 41.6 Å². The van der Waals surface area contributed by atoms with E-state index in [1.807, 2.05) is 32.0 Å². The van der Waals surface area contributed by atoms with Crippen LogP contribution in [0, 0.1) is 13.8 Å². The molecule has 1 aromatic carbocycles. The third kappa shape index (κ3) is 3.24. The number of hydrogen-bond donors (Lipinski definition) is 2. The summed E-state index contributed by atoms with van der Waals surface area (Å²) in [6, 6.07) is 5.83. The molecule has 146 valence electrons. The van der Waals surface area contributed by atoms with E-state index in [9.17, 15) is 0 Å². The Hall–Kier alpha value is -3.20. The average Bonchev–Trinajstić information content (AvgIpc) is 3.22. The highest BCUT2D eigenvalue weighted by Crippen LogP contribution is 2.27. The lowest BCUT2D eigenvalue weighted by atomic mass is 10.2. The van der Waals surface area contributed by atoms with Gasteiger partial charge in [-0.15, -0.1) is 5.10 Å². The molecule has 3 heterocycles. The van der Waals surface area contributed by atoms with Gasteiger partial charge < -0.3 is 20.2 Å². The Balaban J connectivity index is 1.58. The largest absolute Gasteiger partial charge is 0.494 e. The molecular formula is C19H23N7O2. The van der Waals surface area contributed by atoms with Crippen LogP contribution < -0.4 is 15.8 Å². The summed E-state index contributed by atoms with van der Waals surface area (Å²) in [7, 11) is 1.61. The summed E-state index contributed by atoms with van der Waals surface area (Å²) in [6.45, 7) is 6.47. The topological polar surface area (TPSA) is 116 Å². The molecule has 0 fully saturated rings. The lowest BCUT2D eigenvalue weighted by Crippen LogP contribution is -2.28. The van der Waals surface area contributed by atoms with Gasteiger partial charge >= 0.3 is 0 Å². The second-order valence-corrected chi connectivity index (χ2v) is 6.82. The molecule has 0 saturated carbocycles. The highest BCUT2D eigenvalue weighted by molar-refractivity contribution is 5.95. The number of benzene rings is 1. The van der Waals surface area contributed by atoms with Crippen molar-refractivity contribution in [3.8, 4) is 5.75 Å². The van der Waals surface area contributed by atoms with Gasteiger partial charge in [-0.25, -0.2) is 15.0 Å². The van der Waals surface area contributed by atoms with Crippen molar-refractivity contribution in [2.24, 2.45) is 0 Å². The fraction of sp³-hybridized carbons (Fsp3) is 0.368. The fourth-order valence-corrected chi connectivity index (χ4v) is 3.27. The first kappa shape index (κ1) is 18.2. The van der Waals surface area contributed by atoms with Crippen molar-refractivity contribution in [2.45, 2.75) is 39.8 Å².